The quantitative estimate of drug-likeness (QED) is 0.653. The molecule has 0 aliphatic carbocycles. The fraction of sp³-hybridized carbons (Fsp3) is 0.188. The number of rotatable bonds is 4. The summed E-state index contributed by atoms with van der Waals surface area (Å²) in [6, 6.07) is 11.3. The van der Waals surface area contributed by atoms with Crippen LogP contribution in [0.2, 0.25) is 5.02 Å². The van der Waals surface area contributed by atoms with Gasteiger partial charge in [0.1, 0.15) is 0 Å². The van der Waals surface area contributed by atoms with Crippen molar-refractivity contribution in [1.29, 1.82) is 0 Å². The molecule has 0 bridgehead atoms. The number of hydrogen-bond acceptors (Lipinski definition) is 3. The molecule has 0 saturated heterocycles. The zero-order valence-corrected chi connectivity index (χ0v) is 13.5. The van der Waals surface area contributed by atoms with Crippen molar-refractivity contribution in [3.05, 3.63) is 52.5 Å². The second-order valence-electron chi connectivity index (χ2n) is 4.84. The molecule has 0 saturated carbocycles. The smallest absolute Gasteiger partial charge is 0.234 e. The van der Waals surface area contributed by atoms with Crippen LogP contribution >= 0.6 is 23.4 Å². The van der Waals surface area contributed by atoms with Gasteiger partial charge in [0.05, 0.1) is 17.1 Å². The van der Waals surface area contributed by atoms with Gasteiger partial charge < -0.3 is 11.1 Å². The van der Waals surface area contributed by atoms with E-state index in [-0.39, 0.29) is 5.91 Å². The maximum Gasteiger partial charge on any atom is 0.234 e. The maximum atomic E-state index is 12.0. The fourth-order valence-electron chi connectivity index (χ4n) is 2.03. The normalized spacial score (nSPS) is 10.4. The predicted molar refractivity (Wildman–Crippen MR) is 91.1 cm³/mol. The Morgan fingerprint density at radius 3 is 2.52 bits per heavy atom. The summed E-state index contributed by atoms with van der Waals surface area (Å²) in [5.74, 6) is 0.252. The number of benzene rings is 2. The number of amides is 1. The van der Waals surface area contributed by atoms with Crippen molar-refractivity contribution in [2.45, 2.75) is 18.7 Å². The van der Waals surface area contributed by atoms with Gasteiger partial charge in [-0.1, -0.05) is 17.7 Å². The minimum Gasteiger partial charge on any atom is -0.397 e. The lowest BCUT2D eigenvalue weighted by Gasteiger charge is -2.12. The molecule has 2 aromatic carbocycles. The van der Waals surface area contributed by atoms with Crippen molar-refractivity contribution in [2.75, 3.05) is 16.8 Å². The molecule has 0 unspecified atom stereocenters. The molecule has 0 radical (unpaired) electrons. The number of anilines is 2. The van der Waals surface area contributed by atoms with Crippen LogP contribution in [0.15, 0.2) is 41.3 Å². The molecule has 110 valence electrons. The maximum absolute atomic E-state index is 12.0. The van der Waals surface area contributed by atoms with Crippen molar-refractivity contribution < 1.29 is 4.79 Å². The number of carbonyl (C=O) groups is 1. The highest BCUT2D eigenvalue weighted by atomic mass is 35.5. The van der Waals surface area contributed by atoms with E-state index in [9.17, 15) is 4.79 Å². The van der Waals surface area contributed by atoms with Gasteiger partial charge in [-0.15, -0.1) is 11.8 Å². The molecular weight excluding hydrogens is 304 g/mol. The third-order valence-electron chi connectivity index (χ3n) is 2.96. The van der Waals surface area contributed by atoms with E-state index in [1.807, 2.05) is 50.2 Å². The minimum atomic E-state index is -0.0754. The standard InChI is InChI=1S/C16H17ClN2OS/c1-10-7-11(2)16(14(18)8-10)19-15(20)9-21-13-5-3-12(17)4-6-13/h3-8H,9,18H2,1-2H3,(H,19,20). The van der Waals surface area contributed by atoms with Crippen molar-refractivity contribution >= 4 is 40.6 Å². The molecule has 5 heteroatoms. The third-order valence-corrected chi connectivity index (χ3v) is 4.22. The van der Waals surface area contributed by atoms with E-state index in [2.05, 4.69) is 5.32 Å². The first-order valence-corrected chi connectivity index (χ1v) is 7.87. The first-order valence-electron chi connectivity index (χ1n) is 6.50. The predicted octanol–water partition coefficient (Wildman–Crippen LogP) is 4.27. The van der Waals surface area contributed by atoms with E-state index >= 15 is 0 Å². The Bertz CT molecular complexity index is 633. The van der Waals surface area contributed by atoms with Crippen molar-refractivity contribution in [2.24, 2.45) is 0 Å². The number of nitrogen functional groups attached to an aromatic ring is 1. The van der Waals surface area contributed by atoms with E-state index in [0.717, 1.165) is 16.0 Å². The average Bonchev–Trinajstić information content (AvgIpc) is 2.42. The lowest BCUT2D eigenvalue weighted by molar-refractivity contribution is -0.113. The van der Waals surface area contributed by atoms with Gasteiger partial charge in [0.15, 0.2) is 0 Å². The summed E-state index contributed by atoms with van der Waals surface area (Å²) in [6.45, 7) is 3.91. The van der Waals surface area contributed by atoms with Gasteiger partial charge in [-0.2, -0.15) is 0 Å². The molecule has 3 nitrogen and oxygen atoms in total. The number of thioether (sulfide) groups is 1. The molecule has 0 aliphatic heterocycles. The topological polar surface area (TPSA) is 55.1 Å². The summed E-state index contributed by atoms with van der Waals surface area (Å²) >= 11 is 7.29. The van der Waals surface area contributed by atoms with Gasteiger partial charge in [0.2, 0.25) is 5.91 Å². The van der Waals surface area contributed by atoms with Crippen LogP contribution in [0.5, 0.6) is 0 Å². The number of halogens is 1. The summed E-state index contributed by atoms with van der Waals surface area (Å²) in [5.41, 5.74) is 9.30. The van der Waals surface area contributed by atoms with Crippen molar-refractivity contribution in [3.63, 3.8) is 0 Å². The molecule has 3 N–H and O–H groups in total. The highest BCUT2D eigenvalue weighted by Crippen LogP contribution is 2.26. The van der Waals surface area contributed by atoms with Crippen LogP contribution < -0.4 is 11.1 Å². The van der Waals surface area contributed by atoms with Gasteiger partial charge >= 0.3 is 0 Å². The number of nitrogens with one attached hydrogen (secondary N) is 1. The van der Waals surface area contributed by atoms with E-state index < -0.39 is 0 Å². The summed E-state index contributed by atoms with van der Waals surface area (Å²) in [7, 11) is 0. The molecule has 1 amide bonds. The molecule has 0 aliphatic rings. The minimum absolute atomic E-state index is 0.0754. The highest BCUT2D eigenvalue weighted by molar-refractivity contribution is 8.00. The van der Waals surface area contributed by atoms with Gasteiger partial charge in [-0.05, 0) is 55.3 Å². The van der Waals surface area contributed by atoms with E-state index in [4.69, 9.17) is 17.3 Å². The lowest BCUT2D eigenvalue weighted by atomic mass is 10.1. The van der Waals surface area contributed by atoms with Crippen LogP contribution in [-0.4, -0.2) is 11.7 Å². The van der Waals surface area contributed by atoms with Gasteiger partial charge in [-0.3, -0.25) is 4.79 Å². The molecule has 21 heavy (non-hydrogen) atoms. The number of aryl methyl sites for hydroxylation is 2. The van der Waals surface area contributed by atoms with E-state index in [0.29, 0.717) is 22.2 Å². The van der Waals surface area contributed by atoms with Crippen LogP contribution in [0.4, 0.5) is 11.4 Å². The molecule has 2 aromatic rings. The van der Waals surface area contributed by atoms with E-state index in [1.165, 1.54) is 11.8 Å². The number of nitrogens with two attached hydrogens (primary N) is 1. The highest BCUT2D eigenvalue weighted by Gasteiger charge is 2.09. The molecule has 0 atom stereocenters. The first kappa shape index (κ1) is 15.7. The second kappa shape index (κ2) is 6.87. The van der Waals surface area contributed by atoms with Gasteiger partial charge in [0, 0.05) is 9.92 Å². The molecule has 0 aromatic heterocycles. The Morgan fingerprint density at radius 1 is 1.24 bits per heavy atom. The van der Waals surface area contributed by atoms with Crippen LogP contribution in [0, 0.1) is 13.8 Å². The summed E-state index contributed by atoms with van der Waals surface area (Å²) in [5, 5.41) is 3.56. The first-order chi connectivity index (χ1) is 9.95. The Morgan fingerprint density at radius 2 is 1.90 bits per heavy atom. The van der Waals surface area contributed by atoms with E-state index in [1.54, 1.807) is 0 Å². The van der Waals surface area contributed by atoms with Gasteiger partial charge in [0.25, 0.3) is 0 Å². The molecule has 0 fully saturated rings. The third kappa shape index (κ3) is 4.41. The zero-order valence-electron chi connectivity index (χ0n) is 11.9. The van der Waals surface area contributed by atoms with Crippen LogP contribution in [0.25, 0.3) is 0 Å². The van der Waals surface area contributed by atoms with Crippen LogP contribution in [0.1, 0.15) is 11.1 Å². The van der Waals surface area contributed by atoms with Gasteiger partial charge in [-0.25, -0.2) is 0 Å². The Hall–Kier alpha value is -1.65. The Kier molecular flexibility index (Phi) is 5.15. The van der Waals surface area contributed by atoms with Crippen molar-refractivity contribution in [1.82, 2.24) is 0 Å². The summed E-state index contributed by atoms with van der Waals surface area (Å²) in [6.07, 6.45) is 0. The largest absolute Gasteiger partial charge is 0.397 e. The Labute approximate surface area is 133 Å². The fourth-order valence-corrected chi connectivity index (χ4v) is 2.85. The molecule has 0 spiro atoms. The average molecular weight is 321 g/mol. The van der Waals surface area contributed by atoms with Crippen LogP contribution in [0.3, 0.4) is 0 Å². The lowest BCUT2D eigenvalue weighted by Crippen LogP contribution is -2.16. The Balaban J connectivity index is 1.97. The van der Waals surface area contributed by atoms with Crippen LogP contribution in [-0.2, 0) is 4.79 Å². The summed E-state index contributed by atoms with van der Waals surface area (Å²) in [4.78, 5) is 13.0. The SMILES string of the molecule is Cc1cc(C)c(NC(=O)CSc2ccc(Cl)cc2)c(N)c1. The zero-order chi connectivity index (χ0) is 15.4. The molecule has 2 rings (SSSR count). The monoisotopic (exact) mass is 320 g/mol. The van der Waals surface area contributed by atoms with Crippen molar-refractivity contribution in [3.8, 4) is 0 Å². The second-order valence-corrected chi connectivity index (χ2v) is 6.32. The number of hydrogen-bond donors (Lipinski definition) is 2. The number of carbonyl (C=O) groups excluding carboxylic acids is 1. The molecule has 0 heterocycles. The summed E-state index contributed by atoms with van der Waals surface area (Å²) < 4.78 is 0. The molecular formula is C16H17ClN2OS.